The molecule has 0 spiro atoms. The summed E-state index contributed by atoms with van der Waals surface area (Å²) in [6.07, 6.45) is 1.67. The number of hydrogen-bond donors (Lipinski definition) is 2. The number of nitrogens with one attached hydrogen (secondary N) is 1. The van der Waals surface area contributed by atoms with Gasteiger partial charge in [-0.2, -0.15) is 0 Å². The summed E-state index contributed by atoms with van der Waals surface area (Å²) in [7, 11) is 0. The highest BCUT2D eigenvalue weighted by Crippen LogP contribution is 2.44. The highest BCUT2D eigenvalue weighted by Gasteiger charge is 2.40. The Morgan fingerprint density at radius 2 is 1.88 bits per heavy atom. The normalized spacial score (nSPS) is 21.3. The van der Waals surface area contributed by atoms with E-state index in [9.17, 15) is 4.39 Å². The van der Waals surface area contributed by atoms with E-state index in [1.807, 2.05) is 30.3 Å². The monoisotopic (exact) mass is 469 g/mol. The van der Waals surface area contributed by atoms with Crippen molar-refractivity contribution in [3.05, 3.63) is 53.8 Å². The van der Waals surface area contributed by atoms with Crippen molar-refractivity contribution in [1.29, 1.82) is 0 Å². The van der Waals surface area contributed by atoms with Crippen LogP contribution in [0.5, 0.6) is 11.5 Å². The van der Waals surface area contributed by atoms with E-state index in [4.69, 9.17) is 15.2 Å². The fourth-order valence-corrected chi connectivity index (χ4v) is 3.03. The first-order valence-corrected chi connectivity index (χ1v) is 8.45. The van der Waals surface area contributed by atoms with Gasteiger partial charge in [-0.15, -0.1) is 24.0 Å². The van der Waals surface area contributed by atoms with Gasteiger partial charge in [-0.1, -0.05) is 18.2 Å². The van der Waals surface area contributed by atoms with Crippen molar-refractivity contribution in [2.75, 3.05) is 18.5 Å². The minimum Gasteiger partial charge on any atom is -0.490 e. The van der Waals surface area contributed by atoms with Crippen LogP contribution < -0.4 is 20.5 Å². The topological polar surface area (TPSA) is 68.9 Å². The fraction of sp³-hybridized carbons (Fsp3) is 0.316. The molecule has 2 atom stereocenters. The van der Waals surface area contributed by atoms with Gasteiger partial charge in [0, 0.05) is 24.1 Å². The summed E-state index contributed by atoms with van der Waals surface area (Å²) in [5.41, 5.74) is 7.50. The molecule has 5 nitrogen and oxygen atoms in total. The molecule has 0 radical (unpaired) electrons. The lowest BCUT2D eigenvalue weighted by atomic mass is 10.1. The lowest BCUT2D eigenvalue weighted by molar-refractivity contribution is 0.297. The molecule has 1 aliphatic heterocycles. The van der Waals surface area contributed by atoms with Crippen LogP contribution in [0.1, 0.15) is 24.3 Å². The number of fused-ring (bicyclic) bond motifs is 1. The van der Waals surface area contributed by atoms with Crippen LogP contribution in [0.25, 0.3) is 0 Å². The van der Waals surface area contributed by atoms with Crippen LogP contribution in [0.15, 0.2) is 47.5 Å². The molecular weight excluding hydrogens is 448 g/mol. The third-order valence-electron chi connectivity index (χ3n) is 4.39. The number of hydrogen-bond acceptors (Lipinski definition) is 3. The van der Waals surface area contributed by atoms with E-state index >= 15 is 0 Å². The summed E-state index contributed by atoms with van der Waals surface area (Å²) in [5, 5.41) is 3.07. The molecule has 7 heteroatoms. The van der Waals surface area contributed by atoms with Crippen molar-refractivity contribution >= 4 is 35.6 Å². The van der Waals surface area contributed by atoms with Gasteiger partial charge in [0.1, 0.15) is 5.82 Å². The number of nitrogens with zero attached hydrogens (tertiary/aromatic N) is 1. The number of ether oxygens (including phenoxy) is 2. The molecule has 3 N–H and O–H groups in total. The summed E-state index contributed by atoms with van der Waals surface area (Å²) in [6.45, 7) is 1.29. The van der Waals surface area contributed by atoms with Crippen LogP contribution in [-0.2, 0) is 0 Å². The van der Waals surface area contributed by atoms with Crippen LogP contribution in [0.3, 0.4) is 0 Å². The summed E-state index contributed by atoms with van der Waals surface area (Å²) < 4.78 is 25.1. The number of nitrogens with two attached hydrogens (primary N) is 1. The minimum absolute atomic E-state index is 0. The average Bonchev–Trinajstić information content (AvgIpc) is 3.38. The Labute approximate surface area is 168 Å². The van der Waals surface area contributed by atoms with Crippen molar-refractivity contribution < 1.29 is 13.9 Å². The third-order valence-corrected chi connectivity index (χ3v) is 4.39. The van der Waals surface area contributed by atoms with Crippen molar-refractivity contribution in [2.45, 2.75) is 24.8 Å². The predicted molar refractivity (Wildman–Crippen MR) is 110 cm³/mol. The van der Waals surface area contributed by atoms with Crippen molar-refractivity contribution in [3.8, 4) is 11.5 Å². The van der Waals surface area contributed by atoms with Gasteiger partial charge in [-0.05, 0) is 30.2 Å². The first kappa shape index (κ1) is 18.8. The van der Waals surface area contributed by atoms with E-state index in [1.54, 1.807) is 6.07 Å². The third kappa shape index (κ3) is 4.20. The molecule has 2 aliphatic rings. The molecule has 138 valence electrons. The summed E-state index contributed by atoms with van der Waals surface area (Å²) in [4.78, 5) is 4.46. The molecule has 0 saturated heterocycles. The second kappa shape index (κ2) is 8.11. The zero-order valence-corrected chi connectivity index (χ0v) is 16.5. The molecule has 1 heterocycles. The Hall–Kier alpha value is -2.03. The Morgan fingerprint density at radius 1 is 1.12 bits per heavy atom. The van der Waals surface area contributed by atoms with Gasteiger partial charge in [0.15, 0.2) is 17.5 Å². The zero-order valence-electron chi connectivity index (χ0n) is 14.2. The van der Waals surface area contributed by atoms with Crippen molar-refractivity contribution in [3.63, 3.8) is 0 Å². The van der Waals surface area contributed by atoms with Gasteiger partial charge in [0.2, 0.25) is 0 Å². The first-order valence-electron chi connectivity index (χ1n) is 8.45. The lowest BCUT2D eigenvalue weighted by Gasteiger charge is -2.10. The average molecular weight is 469 g/mol. The van der Waals surface area contributed by atoms with Crippen LogP contribution in [0.2, 0.25) is 0 Å². The SMILES string of the molecule is I.NC(=NC1CC1c1ccccc1F)Nc1ccc2c(c1)OCCCO2. The van der Waals surface area contributed by atoms with Crippen LogP contribution in [0.4, 0.5) is 10.1 Å². The molecule has 26 heavy (non-hydrogen) atoms. The molecule has 0 aromatic heterocycles. The predicted octanol–water partition coefficient (Wildman–Crippen LogP) is 3.89. The van der Waals surface area contributed by atoms with Gasteiger partial charge in [-0.25, -0.2) is 9.38 Å². The molecule has 1 fully saturated rings. The largest absolute Gasteiger partial charge is 0.490 e. The van der Waals surface area contributed by atoms with E-state index in [2.05, 4.69) is 10.3 Å². The van der Waals surface area contributed by atoms with Crippen LogP contribution in [0, 0.1) is 5.82 Å². The second-order valence-electron chi connectivity index (χ2n) is 6.28. The quantitative estimate of drug-likeness (QED) is 0.407. The van der Waals surface area contributed by atoms with Gasteiger partial charge >= 0.3 is 0 Å². The Kier molecular flexibility index (Phi) is 5.85. The second-order valence-corrected chi connectivity index (χ2v) is 6.28. The minimum atomic E-state index is -0.181. The maximum Gasteiger partial charge on any atom is 0.193 e. The molecule has 2 aromatic rings. The number of halogens is 2. The Bertz CT molecular complexity index is 815. The number of benzene rings is 2. The van der Waals surface area contributed by atoms with Gasteiger partial charge in [0.05, 0.1) is 19.3 Å². The molecule has 2 unspecified atom stereocenters. The number of anilines is 1. The lowest BCUT2D eigenvalue weighted by Crippen LogP contribution is -2.23. The molecule has 2 aromatic carbocycles. The first-order chi connectivity index (χ1) is 12.2. The van der Waals surface area contributed by atoms with Crippen LogP contribution >= 0.6 is 24.0 Å². The summed E-state index contributed by atoms with van der Waals surface area (Å²) in [6, 6.07) is 12.4. The maximum absolute atomic E-state index is 13.8. The van der Waals surface area contributed by atoms with Crippen LogP contribution in [-0.4, -0.2) is 25.2 Å². The number of aliphatic imine (C=N–C) groups is 1. The standard InChI is InChI=1S/C19H20FN3O2.HI/c20-15-5-2-1-4-13(15)14-11-16(14)23-19(21)22-12-6-7-17-18(10-12)25-9-3-8-24-17;/h1-2,4-7,10,14,16H,3,8-9,11H2,(H3,21,22,23);1H. The molecular formula is C19H21FIN3O2. The van der Waals surface area contributed by atoms with E-state index in [1.165, 1.54) is 6.07 Å². The molecule has 0 bridgehead atoms. The van der Waals surface area contributed by atoms with Gasteiger partial charge < -0.3 is 20.5 Å². The van der Waals surface area contributed by atoms with Gasteiger partial charge in [-0.3, -0.25) is 0 Å². The summed E-state index contributed by atoms with van der Waals surface area (Å²) in [5.74, 6) is 1.68. The number of guanidine groups is 1. The maximum atomic E-state index is 13.8. The summed E-state index contributed by atoms with van der Waals surface area (Å²) >= 11 is 0. The van der Waals surface area contributed by atoms with Crippen molar-refractivity contribution in [2.24, 2.45) is 10.7 Å². The van der Waals surface area contributed by atoms with E-state index < -0.39 is 0 Å². The molecule has 1 aliphatic carbocycles. The van der Waals surface area contributed by atoms with E-state index in [0.29, 0.717) is 30.5 Å². The highest BCUT2D eigenvalue weighted by molar-refractivity contribution is 14.0. The van der Waals surface area contributed by atoms with Gasteiger partial charge in [0.25, 0.3) is 0 Å². The molecule has 1 saturated carbocycles. The zero-order chi connectivity index (χ0) is 17.2. The van der Waals surface area contributed by atoms with Crippen molar-refractivity contribution in [1.82, 2.24) is 0 Å². The highest BCUT2D eigenvalue weighted by atomic mass is 127. The van der Waals surface area contributed by atoms with E-state index in [0.717, 1.165) is 24.3 Å². The fourth-order valence-electron chi connectivity index (χ4n) is 3.03. The van der Waals surface area contributed by atoms with E-state index in [-0.39, 0.29) is 41.8 Å². The Balaban J connectivity index is 0.00000196. The number of rotatable bonds is 3. The molecule has 0 amide bonds. The molecule has 4 rings (SSSR count). The smallest absolute Gasteiger partial charge is 0.193 e. The Morgan fingerprint density at radius 3 is 2.69 bits per heavy atom.